The number of aliphatic imine (C=N–C) groups is 1. The van der Waals surface area contributed by atoms with Crippen LogP contribution in [0.4, 0.5) is 5.69 Å². The average Bonchev–Trinajstić information content (AvgIpc) is 2.53. The van der Waals surface area contributed by atoms with Gasteiger partial charge < -0.3 is 9.47 Å². The van der Waals surface area contributed by atoms with Crippen molar-refractivity contribution in [3.8, 4) is 5.75 Å². The zero-order valence-electron chi connectivity index (χ0n) is 11.4. The molecule has 21 heavy (non-hydrogen) atoms. The van der Waals surface area contributed by atoms with Crippen molar-refractivity contribution in [3.63, 3.8) is 0 Å². The first kappa shape index (κ1) is 14.5. The maximum absolute atomic E-state index is 12.1. The van der Waals surface area contributed by atoms with Crippen molar-refractivity contribution < 1.29 is 19.1 Å². The summed E-state index contributed by atoms with van der Waals surface area (Å²) < 4.78 is 10.3. The van der Waals surface area contributed by atoms with E-state index in [1.165, 1.54) is 31.4 Å². The molecule has 5 nitrogen and oxygen atoms in total. The van der Waals surface area contributed by atoms with Crippen LogP contribution < -0.4 is 4.74 Å². The Bertz CT molecular complexity index is 676. The minimum atomic E-state index is -0.502. The molecule has 0 saturated carbocycles. The van der Waals surface area contributed by atoms with Crippen molar-refractivity contribution in [1.29, 1.82) is 0 Å². The smallest absolute Gasteiger partial charge is 0.342 e. The molecular formula is C16H13NO4. The zero-order chi connectivity index (χ0) is 15.1. The number of rotatable bonds is 5. The number of hydrogen-bond acceptors (Lipinski definition) is 5. The summed E-state index contributed by atoms with van der Waals surface area (Å²) in [4.78, 5) is 25.8. The third-order valence-electron chi connectivity index (χ3n) is 2.79. The quantitative estimate of drug-likeness (QED) is 0.480. The number of carbonyl (C=O) groups is 1. The fraction of sp³-hybridized carbons (Fsp3) is 0.125. The molecule has 2 aromatic carbocycles. The number of benzene rings is 2. The van der Waals surface area contributed by atoms with Crippen molar-refractivity contribution in [2.24, 2.45) is 4.99 Å². The molecule has 0 aliphatic carbocycles. The second kappa shape index (κ2) is 7.03. The molecule has 0 aliphatic rings. The van der Waals surface area contributed by atoms with Crippen molar-refractivity contribution >= 4 is 17.7 Å². The zero-order valence-corrected chi connectivity index (χ0v) is 11.4. The van der Waals surface area contributed by atoms with E-state index in [9.17, 15) is 9.59 Å². The van der Waals surface area contributed by atoms with E-state index in [1.54, 1.807) is 0 Å². The summed E-state index contributed by atoms with van der Waals surface area (Å²) in [6, 6.07) is 13.9. The van der Waals surface area contributed by atoms with Crippen LogP contribution in [0.1, 0.15) is 15.9 Å². The Kier molecular flexibility index (Phi) is 4.85. The summed E-state index contributed by atoms with van der Waals surface area (Å²) in [5, 5.41) is 0. The van der Waals surface area contributed by atoms with Crippen LogP contribution in [0.15, 0.2) is 53.5 Å². The molecule has 0 heterocycles. The molecule has 0 aromatic heterocycles. The first-order valence-electron chi connectivity index (χ1n) is 6.21. The van der Waals surface area contributed by atoms with Gasteiger partial charge in [-0.1, -0.05) is 30.3 Å². The van der Waals surface area contributed by atoms with Crippen molar-refractivity contribution in [1.82, 2.24) is 0 Å². The molecule has 106 valence electrons. The topological polar surface area (TPSA) is 65.0 Å². The molecule has 0 atom stereocenters. The third-order valence-corrected chi connectivity index (χ3v) is 2.79. The maximum atomic E-state index is 12.1. The van der Waals surface area contributed by atoms with Gasteiger partial charge in [-0.3, -0.25) is 0 Å². The molecule has 0 bridgehead atoms. The van der Waals surface area contributed by atoms with Crippen molar-refractivity contribution in [2.75, 3.05) is 7.11 Å². The Morgan fingerprint density at radius 3 is 2.62 bits per heavy atom. The largest absolute Gasteiger partial charge is 0.496 e. The van der Waals surface area contributed by atoms with Crippen LogP contribution in [0, 0.1) is 0 Å². The second-order valence-electron chi connectivity index (χ2n) is 4.15. The number of esters is 1. The van der Waals surface area contributed by atoms with Gasteiger partial charge in [-0.25, -0.2) is 9.59 Å². The summed E-state index contributed by atoms with van der Waals surface area (Å²) in [5.74, 6) is -0.207. The molecule has 0 N–H and O–H groups in total. The van der Waals surface area contributed by atoms with Gasteiger partial charge >= 0.3 is 5.97 Å². The lowest BCUT2D eigenvalue weighted by atomic mass is 10.2. The second-order valence-corrected chi connectivity index (χ2v) is 4.15. The summed E-state index contributed by atoms with van der Waals surface area (Å²) in [5.41, 5.74) is 1.53. The number of nitrogens with zero attached hydrogens (tertiary/aromatic N) is 1. The van der Waals surface area contributed by atoms with E-state index in [1.807, 2.05) is 30.3 Å². The van der Waals surface area contributed by atoms with E-state index in [0.717, 1.165) is 5.56 Å². The predicted octanol–water partition coefficient (Wildman–Crippen LogP) is 3.02. The van der Waals surface area contributed by atoms with Gasteiger partial charge in [-0.05, 0) is 17.7 Å². The van der Waals surface area contributed by atoms with Gasteiger partial charge in [0.25, 0.3) is 0 Å². The molecule has 0 fully saturated rings. The Hall–Kier alpha value is -2.91. The first-order chi connectivity index (χ1) is 10.2. The minimum Gasteiger partial charge on any atom is -0.496 e. The highest BCUT2D eigenvalue weighted by Crippen LogP contribution is 2.25. The van der Waals surface area contributed by atoms with Gasteiger partial charge in [-0.15, -0.1) is 0 Å². The Morgan fingerprint density at radius 2 is 1.95 bits per heavy atom. The van der Waals surface area contributed by atoms with E-state index < -0.39 is 5.97 Å². The fourth-order valence-electron chi connectivity index (χ4n) is 1.77. The molecule has 0 saturated heterocycles. The Morgan fingerprint density at radius 1 is 1.19 bits per heavy atom. The highest BCUT2D eigenvalue weighted by atomic mass is 16.5. The molecule has 2 aromatic rings. The van der Waals surface area contributed by atoms with E-state index in [-0.39, 0.29) is 12.2 Å². The van der Waals surface area contributed by atoms with Gasteiger partial charge in [0.1, 0.15) is 17.9 Å². The predicted molar refractivity (Wildman–Crippen MR) is 76.3 cm³/mol. The van der Waals surface area contributed by atoms with Gasteiger partial charge in [0.05, 0.1) is 12.8 Å². The van der Waals surface area contributed by atoms with E-state index in [0.29, 0.717) is 11.4 Å². The van der Waals surface area contributed by atoms with Gasteiger partial charge in [0.2, 0.25) is 6.08 Å². The SMILES string of the molecule is COc1cc(N=C=O)ccc1C(=O)OCc1ccccc1. The molecule has 0 spiro atoms. The Balaban J connectivity index is 2.13. The standard InChI is InChI=1S/C16H13NO4/c1-20-15-9-13(17-11-18)7-8-14(15)16(19)21-10-12-5-3-2-4-6-12/h2-9H,10H2,1H3. The average molecular weight is 283 g/mol. The first-order valence-corrected chi connectivity index (χ1v) is 6.21. The maximum Gasteiger partial charge on any atom is 0.342 e. The van der Waals surface area contributed by atoms with E-state index >= 15 is 0 Å². The number of isocyanates is 1. The number of methoxy groups -OCH3 is 1. The molecule has 0 amide bonds. The number of hydrogen-bond donors (Lipinski definition) is 0. The molecular weight excluding hydrogens is 270 g/mol. The van der Waals surface area contributed by atoms with Crippen LogP contribution >= 0.6 is 0 Å². The van der Waals surface area contributed by atoms with Crippen LogP contribution in [0.5, 0.6) is 5.75 Å². The highest BCUT2D eigenvalue weighted by molar-refractivity contribution is 5.93. The Labute approximate surface area is 121 Å². The molecule has 0 unspecified atom stereocenters. The van der Waals surface area contributed by atoms with E-state index in [4.69, 9.17) is 9.47 Å². The minimum absolute atomic E-state index is 0.178. The summed E-state index contributed by atoms with van der Waals surface area (Å²) in [7, 11) is 1.43. The highest BCUT2D eigenvalue weighted by Gasteiger charge is 2.14. The number of carbonyl (C=O) groups excluding carboxylic acids is 2. The lowest BCUT2D eigenvalue weighted by Gasteiger charge is -2.09. The van der Waals surface area contributed by atoms with Crippen molar-refractivity contribution in [3.05, 3.63) is 59.7 Å². The van der Waals surface area contributed by atoms with E-state index in [2.05, 4.69) is 4.99 Å². The van der Waals surface area contributed by atoms with Crippen molar-refractivity contribution in [2.45, 2.75) is 6.61 Å². The van der Waals surface area contributed by atoms with Crippen LogP contribution in [-0.2, 0) is 16.1 Å². The fourth-order valence-corrected chi connectivity index (χ4v) is 1.77. The summed E-state index contributed by atoms with van der Waals surface area (Å²) in [6.07, 6.45) is 1.43. The molecule has 0 aliphatic heterocycles. The summed E-state index contributed by atoms with van der Waals surface area (Å²) in [6.45, 7) is 0.178. The summed E-state index contributed by atoms with van der Waals surface area (Å²) >= 11 is 0. The lowest BCUT2D eigenvalue weighted by Crippen LogP contribution is -2.07. The molecule has 5 heteroatoms. The van der Waals surface area contributed by atoms with Crippen LogP contribution in [0.2, 0.25) is 0 Å². The van der Waals surface area contributed by atoms with Crippen LogP contribution in [-0.4, -0.2) is 19.2 Å². The monoisotopic (exact) mass is 283 g/mol. The van der Waals surface area contributed by atoms with Gasteiger partial charge in [-0.2, -0.15) is 4.99 Å². The van der Waals surface area contributed by atoms with Crippen LogP contribution in [0.25, 0.3) is 0 Å². The number of ether oxygens (including phenoxy) is 2. The van der Waals surface area contributed by atoms with Crippen LogP contribution in [0.3, 0.4) is 0 Å². The lowest BCUT2D eigenvalue weighted by molar-refractivity contribution is 0.0469. The normalized spacial score (nSPS) is 9.57. The molecule has 0 radical (unpaired) electrons. The molecule has 2 rings (SSSR count). The van der Waals surface area contributed by atoms with Gasteiger partial charge in [0, 0.05) is 6.07 Å². The van der Waals surface area contributed by atoms with Gasteiger partial charge in [0.15, 0.2) is 0 Å². The third kappa shape index (κ3) is 3.78.